The fourth-order valence-corrected chi connectivity index (χ4v) is 3.78. The number of benzene rings is 1. The minimum Gasteiger partial charge on any atom is -0.255 e. The molecule has 0 bridgehead atoms. The summed E-state index contributed by atoms with van der Waals surface area (Å²) in [5.41, 5.74) is 1.58. The molecule has 0 N–H and O–H groups in total. The standard InChI is InChI=1S/C20H24N2O4Se/c1-2-6-21-18(3-1)16-22-17-4-5-19-20(15-17)26-10-8-24-12-14-27-13-11-23-7-9-25-19/h1-6,15-16H,7-14H2. The van der Waals surface area contributed by atoms with Crippen LogP contribution in [0, 0.1) is 0 Å². The molecule has 144 valence electrons. The summed E-state index contributed by atoms with van der Waals surface area (Å²) in [4.78, 5) is 8.72. The number of aliphatic imine (C=N–C) groups is 1. The van der Waals surface area contributed by atoms with Gasteiger partial charge in [-0.25, -0.2) is 0 Å². The number of hydrogen-bond acceptors (Lipinski definition) is 6. The summed E-state index contributed by atoms with van der Waals surface area (Å²) in [6.07, 6.45) is 3.47. The van der Waals surface area contributed by atoms with Crippen molar-refractivity contribution >= 4 is 26.9 Å². The molecule has 0 saturated carbocycles. The maximum atomic E-state index is 5.88. The number of rotatable bonds is 2. The smallest absolute Gasteiger partial charge is 0.255 e. The maximum absolute atomic E-state index is 5.88. The second kappa shape index (κ2) is 11.7. The summed E-state index contributed by atoms with van der Waals surface area (Å²) < 4.78 is 23.0. The Kier molecular flexibility index (Phi) is 8.61. The predicted octanol–water partition coefficient (Wildman–Crippen LogP) is 3.18. The van der Waals surface area contributed by atoms with Crippen LogP contribution in [0.1, 0.15) is 5.69 Å². The molecule has 0 amide bonds. The Balaban J connectivity index is 1.67. The molecule has 1 aliphatic heterocycles. The summed E-state index contributed by atoms with van der Waals surface area (Å²) in [6.45, 7) is 3.68. The van der Waals surface area contributed by atoms with Crippen LogP contribution in [0.5, 0.6) is 11.5 Å². The first-order valence-electron chi connectivity index (χ1n) is 9.00. The van der Waals surface area contributed by atoms with Gasteiger partial charge in [-0.15, -0.1) is 0 Å². The van der Waals surface area contributed by atoms with Gasteiger partial charge in [0.2, 0.25) is 0 Å². The molecule has 27 heavy (non-hydrogen) atoms. The average molecular weight is 435 g/mol. The second-order valence-corrected chi connectivity index (χ2v) is 8.25. The van der Waals surface area contributed by atoms with E-state index in [0.29, 0.717) is 52.9 Å². The van der Waals surface area contributed by atoms with E-state index in [1.54, 1.807) is 12.4 Å². The van der Waals surface area contributed by atoms with E-state index in [9.17, 15) is 0 Å². The number of hydrogen-bond donors (Lipinski definition) is 0. The van der Waals surface area contributed by atoms with E-state index in [1.807, 2.05) is 36.4 Å². The third-order valence-corrected chi connectivity index (χ3v) is 5.59. The predicted molar refractivity (Wildman–Crippen MR) is 106 cm³/mol. The molecule has 1 aromatic carbocycles. The molecule has 2 aromatic rings. The van der Waals surface area contributed by atoms with Crippen molar-refractivity contribution in [2.75, 3.05) is 39.6 Å². The zero-order valence-corrected chi connectivity index (χ0v) is 16.9. The van der Waals surface area contributed by atoms with Gasteiger partial charge in [-0.3, -0.25) is 4.98 Å². The van der Waals surface area contributed by atoms with Gasteiger partial charge in [0.25, 0.3) is 0 Å². The van der Waals surface area contributed by atoms with Crippen molar-refractivity contribution in [2.24, 2.45) is 4.99 Å². The third kappa shape index (κ3) is 7.31. The van der Waals surface area contributed by atoms with E-state index >= 15 is 0 Å². The molecule has 0 atom stereocenters. The van der Waals surface area contributed by atoms with Crippen molar-refractivity contribution < 1.29 is 18.9 Å². The fraction of sp³-hybridized carbons (Fsp3) is 0.400. The fourth-order valence-electron chi connectivity index (χ4n) is 2.37. The first-order chi connectivity index (χ1) is 13.4. The normalized spacial score (nSPS) is 17.2. The first kappa shape index (κ1) is 19.8. The summed E-state index contributed by atoms with van der Waals surface area (Å²) >= 11 is 0.575. The van der Waals surface area contributed by atoms with Gasteiger partial charge in [0.05, 0.1) is 0 Å². The van der Waals surface area contributed by atoms with Crippen LogP contribution >= 0.6 is 0 Å². The molecule has 0 unspecified atom stereocenters. The molecule has 2 heterocycles. The van der Waals surface area contributed by atoms with Crippen LogP contribution in [0.2, 0.25) is 10.6 Å². The monoisotopic (exact) mass is 436 g/mol. The van der Waals surface area contributed by atoms with E-state index in [4.69, 9.17) is 18.9 Å². The first-order valence-corrected chi connectivity index (χ1v) is 11.4. The number of fused-ring (bicyclic) bond motifs is 1. The van der Waals surface area contributed by atoms with Crippen LogP contribution in [-0.4, -0.2) is 65.8 Å². The molecule has 0 spiro atoms. The topological polar surface area (TPSA) is 62.2 Å². The SMILES string of the molecule is C(=Nc1ccc2c(c1)OCCOCC[Se]CCOCCO2)c1ccccn1. The van der Waals surface area contributed by atoms with Crippen LogP contribution < -0.4 is 9.47 Å². The van der Waals surface area contributed by atoms with Crippen LogP contribution in [0.15, 0.2) is 47.6 Å². The number of nitrogens with zero attached hydrogens (tertiary/aromatic N) is 2. The van der Waals surface area contributed by atoms with Crippen LogP contribution in [0.3, 0.4) is 0 Å². The van der Waals surface area contributed by atoms with Gasteiger partial charge in [0.1, 0.15) is 0 Å². The molecule has 1 aromatic heterocycles. The zero-order chi connectivity index (χ0) is 18.6. The Morgan fingerprint density at radius 1 is 0.852 bits per heavy atom. The van der Waals surface area contributed by atoms with Gasteiger partial charge in [0.15, 0.2) is 0 Å². The summed E-state index contributed by atoms with van der Waals surface area (Å²) in [6, 6.07) is 11.4. The molecule has 7 heteroatoms. The molecular weight excluding hydrogens is 411 g/mol. The van der Waals surface area contributed by atoms with Crippen LogP contribution in [0.25, 0.3) is 0 Å². The van der Waals surface area contributed by atoms with E-state index in [2.05, 4.69) is 9.98 Å². The van der Waals surface area contributed by atoms with Gasteiger partial charge in [-0.2, -0.15) is 0 Å². The molecule has 0 fully saturated rings. The van der Waals surface area contributed by atoms with Gasteiger partial charge < -0.3 is 0 Å². The third-order valence-electron chi connectivity index (χ3n) is 3.68. The number of pyridine rings is 1. The minimum atomic E-state index is 0.479. The minimum absolute atomic E-state index is 0.479. The summed E-state index contributed by atoms with van der Waals surface area (Å²) in [5, 5.41) is 2.22. The van der Waals surface area contributed by atoms with E-state index in [1.165, 1.54) is 0 Å². The molecule has 1 aliphatic rings. The Labute approximate surface area is 166 Å². The van der Waals surface area contributed by atoms with Gasteiger partial charge in [-0.05, 0) is 12.1 Å². The van der Waals surface area contributed by atoms with E-state index in [0.717, 1.165) is 35.2 Å². The molecule has 3 rings (SSSR count). The van der Waals surface area contributed by atoms with Crippen LogP contribution in [0.4, 0.5) is 5.69 Å². The molecule has 6 nitrogen and oxygen atoms in total. The number of aromatic nitrogens is 1. The molecule has 0 aliphatic carbocycles. The van der Waals surface area contributed by atoms with Crippen molar-refractivity contribution in [3.8, 4) is 11.5 Å². The van der Waals surface area contributed by atoms with E-state index < -0.39 is 0 Å². The quantitative estimate of drug-likeness (QED) is 0.536. The van der Waals surface area contributed by atoms with Gasteiger partial charge in [-0.1, -0.05) is 6.07 Å². The Bertz CT molecular complexity index is 712. The van der Waals surface area contributed by atoms with Crippen molar-refractivity contribution in [1.82, 2.24) is 4.98 Å². The van der Waals surface area contributed by atoms with Crippen molar-refractivity contribution in [2.45, 2.75) is 10.6 Å². The van der Waals surface area contributed by atoms with E-state index in [-0.39, 0.29) is 0 Å². The Morgan fingerprint density at radius 2 is 1.63 bits per heavy atom. The van der Waals surface area contributed by atoms with Crippen molar-refractivity contribution in [3.63, 3.8) is 0 Å². The zero-order valence-electron chi connectivity index (χ0n) is 15.2. The Hall–Kier alpha value is -1.92. The summed E-state index contributed by atoms with van der Waals surface area (Å²) in [7, 11) is 0. The van der Waals surface area contributed by atoms with Crippen molar-refractivity contribution in [3.05, 3.63) is 48.3 Å². The molecule has 0 saturated heterocycles. The van der Waals surface area contributed by atoms with Crippen molar-refractivity contribution in [1.29, 1.82) is 0 Å². The average Bonchev–Trinajstić information content (AvgIpc) is 2.72. The van der Waals surface area contributed by atoms with Gasteiger partial charge in [0, 0.05) is 6.20 Å². The summed E-state index contributed by atoms with van der Waals surface area (Å²) in [5.74, 6) is 1.35. The van der Waals surface area contributed by atoms with Crippen LogP contribution in [-0.2, 0) is 9.47 Å². The molecule has 0 radical (unpaired) electrons. The number of ether oxygens (including phenoxy) is 4. The molecular formula is C20H24N2O4Se. The van der Waals surface area contributed by atoms with Gasteiger partial charge >= 0.3 is 136 Å². The second-order valence-electron chi connectivity index (χ2n) is 5.68. The Morgan fingerprint density at radius 3 is 2.37 bits per heavy atom.